The van der Waals surface area contributed by atoms with E-state index in [9.17, 15) is 4.39 Å². The van der Waals surface area contributed by atoms with E-state index >= 15 is 0 Å². The predicted molar refractivity (Wildman–Crippen MR) is 108 cm³/mol. The Hall–Kier alpha value is -2.66. The number of hydrogen-bond donors (Lipinski definition) is 0. The zero-order valence-corrected chi connectivity index (χ0v) is 16.0. The number of rotatable bonds is 6. The standard InChI is InChI=1S/C22H21FN2OS/c1-3-13-25-20(15-11-12-15)21(18-9-4-5-10-19(18)23)27-22(25)24-16-7-6-8-17(14-16)26-2/h3-10,14-15H,1,11-13H2,2H3. The summed E-state index contributed by atoms with van der Waals surface area (Å²) in [6.45, 7) is 4.55. The van der Waals surface area contributed by atoms with Crippen molar-refractivity contribution in [2.75, 3.05) is 7.11 Å². The fourth-order valence-corrected chi connectivity index (χ4v) is 4.48. The van der Waals surface area contributed by atoms with Crippen molar-refractivity contribution in [3.63, 3.8) is 0 Å². The highest BCUT2D eigenvalue weighted by atomic mass is 32.1. The monoisotopic (exact) mass is 380 g/mol. The maximum atomic E-state index is 14.5. The molecule has 1 aliphatic carbocycles. The van der Waals surface area contributed by atoms with Gasteiger partial charge in [0.2, 0.25) is 0 Å². The van der Waals surface area contributed by atoms with Gasteiger partial charge >= 0.3 is 0 Å². The summed E-state index contributed by atoms with van der Waals surface area (Å²) in [5, 5.41) is 0. The molecule has 5 heteroatoms. The lowest BCUT2D eigenvalue weighted by molar-refractivity contribution is 0.415. The van der Waals surface area contributed by atoms with Gasteiger partial charge in [0.25, 0.3) is 0 Å². The second kappa shape index (κ2) is 7.53. The van der Waals surface area contributed by atoms with Crippen LogP contribution in [0, 0.1) is 5.82 Å². The number of nitrogens with zero attached hydrogens (tertiary/aromatic N) is 2. The largest absolute Gasteiger partial charge is 0.497 e. The second-order valence-electron chi connectivity index (χ2n) is 6.57. The maximum absolute atomic E-state index is 14.5. The van der Waals surface area contributed by atoms with Gasteiger partial charge < -0.3 is 9.30 Å². The molecule has 1 aliphatic rings. The molecule has 0 N–H and O–H groups in total. The molecule has 138 valence electrons. The van der Waals surface area contributed by atoms with Gasteiger partial charge in [0, 0.05) is 29.8 Å². The molecule has 0 saturated heterocycles. The third kappa shape index (κ3) is 3.60. The third-order valence-corrected chi connectivity index (χ3v) is 5.75. The van der Waals surface area contributed by atoms with Crippen LogP contribution in [0.2, 0.25) is 0 Å². The summed E-state index contributed by atoms with van der Waals surface area (Å²) < 4.78 is 22.0. The summed E-state index contributed by atoms with van der Waals surface area (Å²) >= 11 is 1.54. The van der Waals surface area contributed by atoms with E-state index in [1.807, 2.05) is 42.5 Å². The van der Waals surface area contributed by atoms with Gasteiger partial charge in [-0.3, -0.25) is 0 Å². The van der Waals surface area contributed by atoms with Gasteiger partial charge in [-0.1, -0.05) is 41.7 Å². The second-order valence-corrected chi connectivity index (χ2v) is 7.54. The summed E-state index contributed by atoms with van der Waals surface area (Å²) in [6.07, 6.45) is 4.14. The van der Waals surface area contributed by atoms with Crippen LogP contribution >= 0.6 is 11.3 Å². The average Bonchev–Trinajstić information content (AvgIpc) is 3.46. The van der Waals surface area contributed by atoms with Gasteiger partial charge in [-0.25, -0.2) is 9.38 Å². The number of benzene rings is 2. The summed E-state index contributed by atoms with van der Waals surface area (Å²) in [5.41, 5.74) is 2.64. The van der Waals surface area contributed by atoms with Crippen molar-refractivity contribution in [2.24, 2.45) is 4.99 Å². The third-order valence-electron chi connectivity index (χ3n) is 4.62. The first kappa shape index (κ1) is 17.7. The summed E-state index contributed by atoms with van der Waals surface area (Å²) in [6, 6.07) is 14.6. The van der Waals surface area contributed by atoms with E-state index in [4.69, 9.17) is 9.73 Å². The molecule has 0 atom stereocenters. The van der Waals surface area contributed by atoms with Gasteiger partial charge in [-0.05, 0) is 31.0 Å². The number of ether oxygens (including phenoxy) is 1. The Bertz CT molecular complexity index is 1050. The van der Waals surface area contributed by atoms with Crippen LogP contribution in [0.15, 0.2) is 66.2 Å². The molecule has 1 fully saturated rings. The molecule has 0 radical (unpaired) electrons. The van der Waals surface area contributed by atoms with Gasteiger partial charge in [0.05, 0.1) is 17.7 Å². The normalized spacial score (nSPS) is 14.4. The van der Waals surface area contributed by atoms with Gasteiger partial charge in [-0.2, -0.15) is 0 Å². The van der Waals surface area contributed by atoms with Crippen LogP contribution in [-0.2, 0) is 6.54 Å². The first-order chi connectivity index (χ1) is 13.2. The van der Waals surface area contributed by atoms with Crippen LogP contribution in [0.25, 0.3) is 10.4 Å². The molecule has 0 spiro atoms. The van der Waals surface area contributed by atoms with E-state index in [1.54, 1.807) is 13.2 Å². The number of methoxy groups -OCH3 is 1. The smallest absolute Gasteiger partial charge is 0.191 e. The number of thiazole rings is 1. The van der Waals surface area contributed by atoms with Crippen molar-refractivity contribution in [3.05, 3.63) is 77.5 Å². The minimum absolute atomic E-state index is 0.195. The summed E-state index contributed by atoms with van der Waals surface area (Å²) in [7, 11) is 1.64. The van der Waals surface area contributed by atoms with Gasteiger partial charge in [-0.15, -0.1) is 6.58 Å². The predicted octanol–water partition coefficient (Wildman–Crippen LogP) is 5.66. The topological polar surface area (TPSA) is 26.5 Å². The molecule has 3 nitrogen and oxygen atoms in total. The molecule has 2 aromatic carbocycles. The van der Waals surface area contributed by atoms with Crippen molar-refractivity contribution >= 4 is 17.0 Å². The fraction of sp³-hybridized carbons (Fsp3) is 0.227. The van der Waals surface area contributed by atoms with Crippen LogP contribution in [0.3, 0.4) is 0 Å². The fourth-order valence-electron chi connectivity index (χ4n) is 3.20. The molecular formula is C22H21FN2OS. The van der Waals surface area contributed by atoms with Crippen LogP contribution in [-0.4, -0.2) is 11.7 Å². The zero-order chi connectivity index (χ0) is 18.8. The lowest BCUT2D eigenvalue weighted by atomic mass is 10.1. The molecule has 1 aromatic heterocycles. The van der Waals surface area contributed by atoms with Crippen LogP contribution in [0.5, 0.6) is 5.75 Å². The Morgan fingerprint density at radius 3 is 2.78 bits per heavy atom. The number of hydrogen-bond acceptors (Lipinski definition) is 3. The van der Waals surface area contributed by atoms with Gasteiger partial charge in [0.15, 0.2) is 4.80 Å². The first-order valence-corrected chi connectivity index (χ1v) is 9.81. The van der Waals surface area contributed by atoms with E-state index < -0.39 is 0 Å². The van der Waals surface area contributed by atoms with Crippen molar-refractivity contribution < 1.29 is 9.13 Å². The number of halogens is 1. The molecule has 1 heterocycles. The van der Waals surface area contributed by atoms with Crippen LogP contribution in [0.1, 0.15) is 24.5 Å². The SMILES string of the molecule is C=CCn1c(C2CC2)c(-c2ccccc2F)sc1=Nc1cccc(OC)c1. The first-order valence-electron chi connectivity index (χ1n) is 8.99. The zero-order valence-electron chi connectivity index (χ0n) is 15.2. The highest BCUT2D eigenvalue weighted by Crippen LogP contribution is 2.46. The molecule has 0 unspecified atom stereocenters. The van der Waals surface area contributed by atoms with Gasteiger partial charge in [0.1, 0.15) is 11.6 Å². The molecule has 4 rings (SSSR count). The number of aromatic nitrogens is 1. The Labute approximate surface area is 162 Å². The minimum Gasteiger partial charge on any atom is -0.497 e. The van der Waals surface area contributed by atoms with E-state index in [-0.39, 0.29) is 5.82 Å². The summed E-state index contributed by atoms with van der Waals surface area (Å²) in [4.78, 5) is 6.67. The van der Waals surface area contributed by atoms with Crippen molar-refractivity contribution in [3.8, 4) is 16.2 Å². The lowest BCUT2D eigenvalue weighted by Crippen LogP contribution is -2.16. The average molecular weight is 380 g/mol. The summed E-state index contributed by atoms with van der Waals surface area (Å²) in [5.74, 6) is 1.03. The van der Waals surface area contributed by atoms with Crippen molar-refractivity contribution in [2.45, 2.75) is 25.3 Å². The minimum atomic E-state index is -0.195. The Balaban J connectivity index is 1.94. The highest BCUT2D eigenvalue weighted by molar-refractivity contribution is 7.13. The molecular weight excluding hydrogens is 359 g/mol. The molecule has 27 heavy (non-hydrogen) atoms. The lowest BCUT2D eigenvalue weighted by Gasteiger charge is -2.08. The maximum Gasteiger partial charge on any atom is 0.191 e. The molecule has 3 aromatic rings. The Kier molecular flexibility index (Phi) is 4.94. The molecule has 0 amide bonds. The quantitative estimate of drug-likeness (QED) is 0.507. The van der Waals surface area contributed by atoms with E-state index in [0.29, 0.717) is 18.0 Å². The molecule has 0 aliphatic heterocycles. The van der Waals surface area contributed by atoms with E-state index in [0.717, 1.165) is 34.0 Å². The molecule has 0 bridgehead atoms. The Morgan fingerprint density at radius 1 is 1.26 bits per heavy atom. The Morgan fingerprint density at radius 2 is 2.07 bits per heavy atom. The molecule has 1 saturated carbocycles. The van der Waals surface area contributed by atoms with Crippen LogP contribution in [0.4, 0.5) is 10.1 Å². The highest BCUT2D eigenvalue weighted by Gasteiger charge is 2.32. The van der Waals surface area contributed by atoms with Crippen LogP contribution < -0.4 is 9.54 Å². The number of allylic oxidation sites excluding steroid dienone is 1. The van der Waals surface area contributed by atoms with Crippen molar-refractivity contribution in [1.29, 1.82) is 0 Å². The van der Waals surface area contributed by atoms with E-state index in [2.05, 4.69) is 11.1 Å². The van der Waals surface area contributed by atoms with Crippen molar-refractivity contribution in [1.82, 2.24) is 4.57 Å². The van der Waals surface area contributed by atoms with E-state index in [1.165, 1.54) is 23.1 Å².